The molecule has 4 aliphatic carbocycles. The molecular weight excluding hydrogens is 383 g/mol. The number of Topliss-reactive ketones (excluding diaryl/α,β-unsaturated/α-hetero) is 1. The average Bonchev–Trinajstić information content (AvgIpc) is 2.87. The van der Waals surface area contributed by atoms with Crippen molar-refractivity contribution in [2.75, 3.05) is 0 Å². The summed E-state index contributed by atoms with van der Waals surface area (Å²) in [6.45, 7) is 6.00. The monoisotopic (exact) mass is 410 g/mol. The summed E-state index contributed by atoms with van der Waals surface area (Å²) in [6, 6.07) is 0. The van der Waals surface area contributed by atoms with Crippen molar-refractivity contribution in [2.45, 2.75) is 76.2 Å². The van der Waals surface area contributed by atoms with Crippen LogP contribution >= 0.6 is 15.9 Å². The molecule has 3 saturated carbocycles. The third-order valence-corrected chi connectivity index (χ3v) is 10.4. The maximum atomic E-state index is 15.9. The van der Waals surface area contributed by atoms with Crippen molar-refractivity contribution in [1.29, 1.82) is 0 Å². The Labute approximate surface area is 158 Å². The van der Waals surface area contributed by atoms with Crippen LogP contribution in [-0.4, -0.2) is 22.1 Å². The molecule has 0 N–H and O–H groups in total. The van der Waals surface area contributed by atoms with Gasteiger partial charge in [0.2, 0.25) is 0 Å². The topological polar surface area (TPSA) is 34.1 Å². The van der Waals surface area contributed by atoms with Gasteiger partial charge in [-0.1, -0.05) is 35.4 Å². The van der Waals surface area contributed by atoms with Gasteiger partial charge in [-0.15, -0.1) is 0 Å². The number of carbonyl (C=O) groups is 2. The number of hydrogen-bond acceptors (Lipinski definition) is 2. The first kappa shape index (κ1) is 17.9. The number of carbonyl (C=O) groups excluding carboxylic acids is 2. The van der Waals surface area contributed by atoms with Gasteiger partial charge in [0, 0.05) is 17.8 Å². The first-order chi connectivity index (χ1) is 11.6. The van der Waals surface area contributed by atoms with E-state index in [1.54, 1.807) is 13.0 Å². The molecule has 4 rings (SSSR count). The van der Waals surface area contributed by atoms with Gasteiger partial charge in [-0.3, -0.25) is 9.59 Å². The van der Waals surface area contributed by atoms with Gasteiger partial charge in [0.1, 0.15) is 12.0 Å². The summed E-state index contributed by atoms with van der Waals surface area (Å²) in [7, 11) is 0. The van der Waals surface area contributed by atoms with Crippen molar-refractivity contribution in [3.05, 3.63) is 11.6 Å². The standard InChI is InChI=1S/C21H28BrFO2/c1-12(24)15-6-7-16-17-5-4-13-10-14(25)8-9-20(13,3)21(17,22)18(23)11-19(15,16)2/h10,15-18H,4-9,11H2,1-3H3/t15?,16?,17?,18?,19?,20?,21-/m0/s1. The number of alkyl halides is 2. The Morgan fingerprint density at radius 2 is 1.92 bits per heavy atom. The number of fused-ring (bicyclic) bond motifs is 5. The van der Waals surface area contributed by atoms with Gasteiger partial charge in [-0.2, -0.15) is 0 Å². The Bertz CT molecular complexity index is 673. The van der Waals surface area contributed by atoms with Crippen molar-refractivity contribution < 1.29 is 14.0 Å². The average molecular weight is 411 g/mol. The molecule has 2 nitrogen and oxygen atoms in total. The molecule has 25 heavy (non-hydrogen) atoms. The highest BCUT2D eigenvalue weighted by molar-refractivity contribution is 9.10. The largest absolute Gasteiger partial charge is 0.300 e. The first-order valence-electron chi connectivity index (χ1n) is 9.72. The molecule has 0 aromatic carbocycles. The molecule has 0 saturated heterocycles. The number of ketones is 2. The molecule has 7 atom stereocenters. The minimum atomic E-state index is -0.986. The van der Waals surface area contributed by atoms with Crippen molar-refractivity contribution in [2.24, 2.45) is 28.6 Å². The van der Waals surface area contributed by atoms with E-state index in [4.69, 9.17) is 0 Å². The molecule has 138 valence electrons. The predicted octanol–water partition coefficient (Wildman–Crippen LogP) is 5.19. The van der Waals surface area contributed by atoms with Crippen LogP contribution in [0.15, 0.2) is 11.6 Å². The van der Waals surface area contributed by atoms with Gasteiger partial charge in [-0.25, -0.2) is 4.39 Å². The van der Waals surface area contributed by atoms with E-state index in [1.165, 1.54) is 0 Å². The maximum absolute atomic E-state index is 15.9. The van der Waals surface area contributed by atoms with E-state index in [9.17, 15) is 9.59 Å². The normalized spacial score (nSPS) is 52.0. The van der Waals surface area contributed by atoms with Gasteiger partial charge < -0.3 is 0 Å². The number of hydrogen-bond donors (Lipinski definition) is 0. The third-order valence-electron chi connectivity index (χ3n) is 8.49. The van der Waals surface area contributed by atoms with Crippen LogP contribution in [0.3, 0.4) is 0 Å². The van der Waals surface area contributed by atoms with Gasteiger partial charge in [0.25, 0.3) is 0 Å². The first-order valence-corrected chi connectivity index (χ1v) is 10.5. The second-order valence-corrected chi connectivity index (χ2v) is 10.7. The summed E-state index contributed by atoms with van der Waals surface area (Å²) in [5.41, 5.74) is 0.637. The van der Waals surface area contributed by atoms with Gasteiger partial charge in [0.15, 0.2) is 5.78 Å². The zero-order valence-electron chi connectivity index (χ0n) is 15.4. The molecule has 0 spiro atoms. The summed E-state index contributed by atoms with van der Waals surface area (Å²) in [5.74, 6) is 1.05. The summed E-state index contributed by atoms with van der Waals surface area (Å²) >= 11 is 3.96. The van der Waals surface area contributed by atoms with Crippen molar-refractivity contribution in [3.8, 4) is 0 Å². The smallest absolute Gasteiger partial charge is 0.155 e. The van der Waals surface area contributed by atoms with E-state index < -0.39 is 10.5 Å². The number of allylic oxidation sites excluding steroid dienone is 1. The van der Waals surface area contributed by atoms with Gasteiger partial charge in [-0.05, 0) is 68.8 Å². The fraction of sp³-hybridized carbons (Fsp3) is 0.810. The van der Waals surface area contributed by atoms with E-state index in [2.05, 4.69) is 29.8 Å². The summed E-state index contributed by atoms with van der Waals surface area (Å²) in [6.07, 6.45) is 6.28. The fourth-order valence-corrected chi connectivity index (χ4v) is 8.33. The van der Waals surface area contributed by atoms with E-state index in [1.807, 2.05) is 0 Å². The van der Waals surface area contributed by atoms with Gasteiger partial charge >= 0.3 is 0 Å². The Kier molecular flexibility index (Phi) is 3.93. The third kappa shape index (κ3) is 2.12. The zero-order chi connectivity index (χ0) is 18.2. The summed E-state index contributed by atoms with van der Waals surface area (Å²) in [5, 5.41) is 0. The molecule has 0 aliphatic heterocycles. The van der Waals surface area contributed by atoms with Crippen LogP contribution in [0.25, 0.3) is 0 Å². The highest BCUT2D eigenvalue weighted by Gasteiger charge is 2.69. The maximum Gasteiger partial charge on any atom is 0.155 e. The molecular formula is C21H28BrFO2. The van der Waals surface area contributed by atoms with Crippen molar-refractivity contribution >= 4 is 27.5 Å². The second kappa shape index (κ2) is 5.50. The Morgan fingerprint density at radius 3 is 2.60 bits per heavy atom. The van der Waals surface area contributed by atoms with Crippen LogP contribution in [0.1, 0.15) is 65.7 Å². The SMILES string of the molecule is CC(=O)C1CCC2C3CCC4=CC(=O)CCC4(C)[C@@]3(Br)C(F)CC12C. The van der Waals surface area contributed by atoms with E-state index >= 15 is 4.39 Å². The quantitative estimate of drug-likeness (QED) is 0.557. The lowest BCUT2D eigenvalue weighted by Crippen LogP contribution is -2.65. The van der Waals surface area contributed by atoms with Crippen LogP contribution in [0.4, 0.5) is 4.39 Å². The second-order valence-electron chi connectivity index (χ2n) is 9.41. The van der Waals surface area contributed by atoms with E-state index in [-0.39, 0.29) is 34.2 Å². The van der Waals surface area contributed by atoms with Crippen LogP contribution in [0.5, 0.6) is 0 Å². The van der Waals surface area contributed by atoms with Crippen LogP contribution in [-0.2, 0) is 9.59 Å². The Hall–Kier alpha value is -0.510. The van der Waals surface area contributed by atoms with Crippen LogP contribution < -0.4 is 0 Å². The molecule has 0 aromatic rings. The summed E-state index contributed by atoms with van der Waals surface area (Å²) in [4.78, 5) is 24.1. The zero-order valence-corrected chi connectivity index (χ0v) is 17.0. The molecule has 4 aliphatic rings. The molecule has 0 heterocycles. The summed E-state index contributed by atoms with van der Waals surface area (Å²) < 4.78 is 15.3. The van der Waals surface area contributed by atoms with E-state index in [0.29, 0.717) is 18.8 Å². The molecule has 0 aromatic heterocycles. The minimum Gasteiger partial charge on any atom is -0.300 e. The number of halogens is 2. The lowest BCUT2D eigenvalue weighted by atomic mass is 9.46. The van der Waals surface area contributed by atoms with Crippen molar-refractivity contribution in [3.63, 3.8) is 0 Å². The molecule has 0 radical (unpaired) electrons. The fourth-order valence-electron chi connectivity index (χ4n) is 7.17. The predicted molar refractivity (Wildman–Crippen MR) is 99.3 cm³/mol. The van der Waals surface area contributed by atoms with Crippen molar-refractivity contribution in [1.82, 2.24) is 0 Å². The minimum absolute atomic E-state index is 0.00507. The molecule has 3 fully saturated rings. The Balaban J connectivity index is 1.79. The van der Waals surface area contributed by atoms with Crippen LogP contribution in [0.2, 0.25) is 0 Å². The molecule has 4 heteroatoms. The molecule has 0 amide bonds. The highest BCUT2D eigenvalue weighted by atomic mass is 79.9. The van der Waals surface area contributed by atoms with Crippen LogP contribution in [0, 0.1) is 28.6 Å². The Morgan fingerprint density at radius 1 is 1.20 bits per heavy atom. The lowest BCUT2D eigenvalue weighted by Gasteiger charge is -2.64. The van der Waals surface area contributed by atoms with Gasteiger partial charge in [0.05, 0.1) is 4.32 Å². The molecule has 0 bridgehead atoms. The number of rotatable bonds is 1. The molecule has 6 unspecified atom stereocenters. The highest BCUT2D eigenvalue weighted by Crippen LogP contribution is 2.71. The van der Waals surface area contributed by atoms with E-state index in [0.717, 1.165) is 37.7 Å². The lowest BCUT2D eigenvalue weighted by molar-refractivity contribution is -0.130.